The highest BCUT2D eigenvalue weighted by Crippen LogP contribution is 2.27. The van der Waals surface area contributed by atoms with Crippen LogP contribution in [0.5, 0.6) is 0 Å². The van der Waals surface area contributed by atoms with Crippen molar-refractivity contribution in [1.82, 2.24) is 10.2 Å². The van der Waals surface area contributed by atoms with Crippen LogP contribution in [0.1, 0.15) is 44.7 Å². The van der Waals surface area contributed by atoms with Crippen LogP contribution in [0, 0.1) is 12.8 Å². The number of aryl methyl sites for hydroxylation is 1. The van der Waals surface area contributed by atoms with Crippen LogP contribution in [0.4, 0.5) is 4.79 Å². The topological polar surface area (TPSA) is 79.6 Å². The minimum Gasteiger partial charge on any atom is -0.423 e. The lowest BCUT2D eigenvalue weighted by Gasteiger charge is -2.22. The Morgan fingerprint density at radius 1 is 1.19 bits per heavy atom. The van der Waals surface area contributed by atoms with Crippen LogP contribution in [0.2, 0.25) is 0 Å². The van der Waals surface area contributed by atoms with Crippen LogP contribution in [0.25, 0.3) is 11.0 Å². The summed E-state index contributed by atoms with van der Waals surface area (Å²) in [5.41, 5.74) is 0.643. The molecule has 2 heterocycles. The quantitative estimate of drug-likeness (QED) is 0.658. The van der Waals surface area contributed by atoms with Crippen molar-refractivity contribution < 1.29 is 14.0 Å². The van der Waals surface area contributed by atoms with Gasteiger partial charge in [-0.2, -0.15) is 0 Å². The van der Waals surface area contributed by atoms with Crippen molar-refractivity contribution in [2.24, 2.45) is 5.92 Å². The van der Waals surface area contributed by atoms with Gasteiger partial charge in [-0.3, -0.25) is 9.69 Å². The fraction of sp³-hybridized carbons (Fsp3) is 0.450. The summed E-state index contributed by atoms with van der Waals surface area (Å²) in [4.78, 5) is 38.4. The average molecular weight is 356 g/mol. The zero-order valence-electron chi connectivity index (χ0n) is 15.6. The van der Waals surface area contributed by atoms with Crippen molar-refractivity contribution in [3.05, 3.63) is 45.8 Å². The number of hydrogen-bond acceptors (Lipinski definition) is 4. The maximum absolute atomic E-state index is 12.9. The molecule has 138 valence electrons. The number of imide groups is 1. The zero-order chi connectivity index (χ0) is 19.1. The summed E-state index contributed by atoms with van der Waals surface area (Å²) >= 11 is 0. The van der Waals surface area contributed by atoms with Gasteiger partial charge >= 0.3 is 11.7 Å². The molecule has 1 aromatic heterocycles. The molecule has 1 atom stereocenters. The Morgan fingerprint density at radius 2 is 1.92 bits per heavy atom. The number of fused-ring (bicyclic) bond motifs is 1. The lowest BCUT2D eigenvalue weighted by atomic mass is 9.92. The predicted octanol–water partition coefficient (Wildman–Crippen LogP) is 3.35. The molecule has 0 bridgehead atoms. The van der Waals surface area contributed by atoms with Crippen molar-refractivity contribution in [2.75, 3.05) is 0 Å². The Hall–Kier alpha value is -2.63. The number of hydrogen-bond donors (Lipinski definition) is 1. The summed E-state index contributed by atoms with van der Waals surface area (Å²) in [6, 6.07) is 6.46. The van der Waals surface area contributed by atoms with Crippen LogP contribution in [0.3, 0.4) is 0 Å². The highest BCUT2D eigenvalue weighted by molar-refractivity contribution is 6.06. The van der Waals surface area contributed by atoms with Gasteiger partial charge < -0.3 is 9.73 Å². The smallest absolute Gasteiger partial charge is 0.336 e. The molecule has 0 spiro atoms. The molecule has 0 aliphatic carbocycles. The molecular formula is C20H24N2O4. The summed E-state index contributed by atoms with van der Waals surface area (Å²) in [6.07, 6.45) is 1.43. The lowest BCUT2D eigenvalue weighted by Crippen LogP contribution is -2.44. The largest absolute Gasteiger partial charge is 0.423 e. The molecule has 2 aromatic rings. The summed E-state index contributed by atoms with van der Waals surface area (Å²) in [7, 11) is 0. The second-order valence-corrected chi connectivity index (χ2v) is 7.68. The van der Waals surface area contributed by atoms with Gasteiger partial charge in [-0.15, -0.1) is 0 Å². The van der Waals surface area contributed by atoms with Crippen molar-refractivity contribution in [1.29, 1.82) is 0 Å². The second kappa shape index (κ2) is 6.59. The molecule has 3 amide bonds. The van der Waals surface area contributed by atoms with Crippen LogP contribution in [-0.4, -0.2) is 22.4 Å². The standard InChI is InChI=1S/C20H24N2O4/c1-12(2)7-8-20(4)18(24)22(19(25)21-20)11-14-10-17(23)26-16-9-13(3)5-6-15(14)16/h5-6,9-10,12H,7-8,11H2,1-4H3,(H,21,25)/t20-/m1/s1. The molecule has 1 aliphatic heterocycles. The molecule has 3 rings (SSSR count). The van der Waals surface area contributed by atoms with Gasteiger partial charge in [0, 0.05) is 11.5 Å². The van der Waals surface area contributed by atoms with E-state index in [4.69, 9.17) is 4.42 Å². The van der Waals surface area contributed by atoms with E-state index in [1.54, 1.807) is 13.0 Å². The van der Waals surface area contributed by atoms with Crippen LogP contribution < -0.4 is 10.9 Å². The third kappa shape index (κ3) is 3.36. The first-order valence-electron chi connectivity index (χ1n) is 8.87. The molecule has 6 nitrogen and oxygen atoms in total. The average Bonchev–Trinajstić information content (AvgIpc) is 2.76. The summed E-state index contributed by atoms with van der Waals surface area (Å²) < 4.78 is 5.25. The fourth-order valence-electron chi connectivity index (χ4n) is 3.28. The van der Waals surface area contributed by atoms with Gasteiger partial charge in [0.25, 0.3) is 5.91 Å². The van der Waals surface area contributed by atoms with Gasteiger partial charge in [-0.1, -0.05) is 26.0 Å². The van der Waals surface area contributed by atoms with E-state index in [1.807, 2.05) is 19.1 Å². The van der Waals surface area contributed by atoms with E-state index in [9.17, 15) is 14.4 Å². The zero-order valence-corrected chi connectivity index (χ0v) is 15.6. The third-order valence-corrected chi connectivity index (χ3v) is 4.88. The van der Waals surface area contributed by atoms with E-state index in [2.05, 4.69) is 19.2 Å². The monoisotopic (exact) mass is 356 g/mol. The minimum absolute atomic E-state index is 0.0487. The van der Waals surface area contributed by atoms with Gasteiger partial charge in [0.1, 0.15) is 11.1 Å². The second-order valence-electron chi connectivity index (χ2n) is 7.68. The first kappa shape index (κ1) is 18.2. The number of nitrogens with one attached hydrogen (secondary N) is 1. The van der Waals surface area contributed by atoms with Crippen molar-refractivity contribution in [3.63, 3.8) is 0 Å². The first-order valence-corrected chi connectivity index (χ1v) is 8.87. The first-order chi connectivity index (χ1) is 12.2. The molecule has 1 aliphatic rings. The van der Waals surface area contributed by atoms with Crippen LogP contribution in [-0.2, 0) is 11.3 Å². The molecule has 0 unspecified atom stereocenters. The maximum Gasteiger partial charge on any atom is 0.336 e. The molecule has 1 saturated heterocycles. The van der Waals surface area contributed by atoms with Crippen LogP contribution >= 0.6 is 0 Å². The molecule has 6 heteroatoms. The Kier molecular flexibility index (Phi) is 4.61. The van der Waals surface area contributed by atoms with Gasteiger partial charge in [-0.05, 0) is 49.8 Å². The molecule has 0 saturated carbocycles. The molecule has 26 heavy (non-hydrogen) atoms. The van der Waals surface area contributed by atoms with E-state index >= 15 is 0 Å². The SMILES string of the molecule is Cc1ccc2c(CN3C(=O)N[C@](C)(CCC(C)C)C3=O)cc(=O)oc2c1. The van der Waals surface area contributed by atoms with E-state index in [0.29, 0.717) is 23.5 Å². The van der Waals surface area contributed by atoms with Crippen molar-refractivity contribution in [3.8, 4) is 0 Å². The molecule has 0 radical (unpaired) electrons. The number of rotatable bonds is 5. The highest BCUT2D eigenvalue weighted by Gasteiger charge is 2.47. The summed E-state index contributed by atoms with van der Waals surface area (Å²) in [5, 5.41) is 3.54. The van der Waals surface area contributed by atoms with Crippen LogP contribution in [0.15, 0.2) is 33.5 Å². The number of amides is 3. The Labute approximate surface area is 152 Å². The van der Waals surface area contributed by atoms with Gasteiger partial charge in [0.15, 0.2) is 0 Å². The Balaban J connectivity index is 1.92. The van der Waals surface area contributed by atoms with Gasteiger partial charge in [0.05, 0.1) is 6.54 Å². The fourth-order valence-corrected chi connectivity index (χ4v) is 3.28. The number of carbonyl (C=O) groups is 2. The number of nitrogens with zero attached hydrogens (tertiary/aromatic N) is 1. The number of benzene rings is 1. The summed E-state index contributed by atoms with van der Waals surface area (Å²) in [6.45, 7) is 7.88. The summed E-state index contributed by atoms with van der Waals surface area (Å²) in [5.74, 6) is 0.188. The van der Waals surface area contributed by atoms with Crippen molar-refractivity contribution >= 4 is 22.9 Å². The number of carbonyl (C=O) groups excluding carboxylic acids is 2. The van der Waals surface area contributed by atoms with Gasteiger partial charge in [-0.25, -0.2) is 9.59 Å². The van der Waals surface area contributed by atoms with E-state index in [1.165, 1.54) is 11.0 Å². The van der Waals surface area contributed by atoms with Gasteiger partial charge in [0.2, 0.25) is 0 Å². The van der Waals surface area contributed by atoms with Crippen molar-refractivity contribution in [2.45, 2.75) is 52.6 Å². The molecular weight excluding hydrogens is 332 g/mol. The third-order valence-electron chi connectivity index (χ3n) is 4.88. The normalized spacial score (nSPS) is 20.3. The van der Waals surface area contributed by atoms with E-state index in [-0.39, 0.29) is 12.5 Å². The Bertz CT molecular complexity index is 931. The number of urea groups is 1. The highest BCUT2D eigenvalue weighted by atomic mass is 16.4. The molecule has 1 fully saturated rings. The predicted molar refractivity (Wildman–Crippen MR) is 98.8 cm³/mol. The van der Waals surface area contributed by atoms with E-state index < -0.39 is 17.2 Å². The van der Waals surface area contributed by atoms with E-state index in [0.717, 1.165) is 17.4 Å². The molecule has 1 N–H and O–H groups in total. The maximum atomic E-state index is 12.9. The Morgan fingerprint density at radius 3 is 2.62 bits per heavy atom. The molecule has 1 aromatic carbocycles. The minimum atomic E-state index is -0.896. The lowest BCUT2D eigenvalue weighted by molar-refractivity contribution is -0.131.